The van der Waals surface area contributed by atoms with Crippen molar-refractivity contribution in [3.8, 4) is 0 Å². The molecule has 4 nitrogen and oxygen atoms in total. The van der Waals surface area contributed by atoms with Gasteiger partial charge < -0.3 is 9.47 Å². The Morgan fingerprint density at radius 1 is 1.15 bits per heavy atom. The van der Waals surface area contributed by atoms with Crippen LogP contribution in [0.2, 0.25) is 0 Å². The monoisotopic (exact) mass is 186 g/mol. The van der Waals surface area contributed by atoms with E-state index in [0.717, 1.165) is 5.57 Å². The Bertz CT molecular complexity index is 182. The Balaban J connectivity index is 4.10. The van der Waals surface area contributed by atoms with E-state index in [1.165, 1.54) is 13.8 Å². The Hall–Kier alpha value is -1.32. The van der Waals surface area contributed by atoms with Crippen molar-refractivity contribution in [2.45, 2.75) is 33.5 Å². The number of hydrogen-bond acceptors (Lipinski definition) is 4. The van der Waals surface area contributed by atoms with Crippen molar-refractivity contribution in [3.63, 3.8) is 0 Å². The van der Waals surface area contributed by atoms with Crippen molar-refractivity contribution in [2.24, 2.45) is 0 Å². The molecule has 74 valence electrons. The molecule has 0 bridgehead atoms. The minimum absolute atomic E-state index is 0.332. The minimum Gasteiger partial charge on any atom is -0.425 e. The van der Waals surface area contributed by atoms with Gasteiger partial charge in [-0.2, -0.15) is 0 Å². The molecule has 0 aliphatic carbocycles. The smallest absolute Gasteiger partial charge is 0.305 e. The van der Waals surface area contributed by atoms with Gasteiger partial charge in [-0.05, 0) is 6.92 Å². The number of ether oxygens (including phenoxy) is 2. The molecule has 0 rings (SSSR count). The first-order valence-corrected chi connectivity index (χ1v) is 3.90. The predicted molar refractivity (Wildman–Crippen MR) is 46.8 cm³/mol. The number of esters is 2. The van der Waals surface area contributed by atoms with E-state index in [0.29, 0.717) is 6.42 Å². The first kappa shape index (κ1) is 11.7. The van der Waals surface area contributed by atoms with E-state index in [1.807, 2.05) is 0 Å². The lowest BCUT2D eigenvalue weighted by Gasteiger charge is -2.16. The summed E-state index contributed by atoms with van der Waals surface area (Å²) in [6.45, 7) is 7.91. The molecule has 0 N–H and O–H groups in total. The number of hydrogen-bond donors (Lipinski definition) is 0. The fraction of sp³-hybridized carbons (Fsp3) is 0.556. The summed E-state index contributed by atoms with van der Waals surface area (Å²) in [5.74, 6) is -0.958. The zero-order chi connectivity index (χ0) is 10.4. The van der Waals surface area contributed by atoms with Crippen molar-refractivity contribution in [3.05, 3.63) is 12.2 Å². The average Bonchev–Trinajstić information content (AvgIpc) is 1.80. The summed E-state index contributed by atoms with van der Waals surface area (Å²) in [5.41, 5.74) is 0.785. The second kappa shape index (κ2) is 5.35. The summed E-state index contributed by atoms with van der Waals surface area (Å²) in [6, 6.07) is 0. The molecule has 0 unspecified atom stereocenters. The van der Waals surface area contributed by atoms with Gasteiger partial charge in [-0.25, -0.2) is 0 Å². The highest BCUT2D eigenvalue weighted by Crippen LogP contribution is 2.08. The van der Waals surface area contributed by atoms with Gasteiger partial charge in [-0.1, -0.05) is 12.2 Å². The van der Waals surface area contributed by atoms with Crippen LogP contribution in [0.5, 0.6) is 0 Å². The maximum Gasteiger partial charge on any atom is 0.305 e. The molecule has 0 heterocycles. The summed E-state index contributed by atoms with van der Waals surface area (Å²) >= 11 is 0. The van der Waals surface area contributed by atoms with Crippen LogP contribution < -0.4 is 0 Å². The summed E-state index contributed by atoms with van der Waals surface area (Å²) in [4.78, 5) is 21.1. The third kappa shape index (κ3) is 7.05. The second-order valence-corrected chi connectivity index (χ2v) is 2.81. The molecule has 0 aromatic rings. The van der Waals surface area contributed by atoms with E-state index >= 15 is 0 Å². The lowest BCUT2D eigenvalue weighted by Crippen LogP contribution is -2.22. The summed E-state index contributed by atoms with van der Waals surface area (Å²) in [5, 5.41) is 0. The highest BCUT2D eigenvalue weighted by molar-refractivity contribution is 5.68. The SMILES string of the molecule is C=C(C)CC(OC(C)=O)OC(C)=O. The van der Waals surface area contributed by atoms with Gasteiger partial charge in [0.25, 0.3) is 6.29 Å². The van der Waals surface area contributed by atoms with Crippen LogP contribution in [0.15, 0.2) is 12.2 Å². The number of carbonyl (C=O) groups excluding carboxylic acids is 2. The quantitative estimate of drug-likeness (QED) is 0.378. The van der Waals surface area contributed by atoms with Crippen LogP contribution in [0.3, 0.4) is 0 Å². The van der Waals surface area contributed by atoms with Gasteiger partial charge in [-0.15, -0.1) is 0 Å². The van der Waals surface area contributed by atoms with Crippen molar-refractivity contribution < 1.29 is 19.1 Å². The van der Waals surface area contributed by atoms with Crippen molar-refractivity contribution in [1.82, 2.24) is 0 Å². The lowest BCUT2D eigenvalue weighted by molar-refractivity contribution is -0.184. The Labute approximate surface area is 77.5 Å². The normalized spacial score (nSPS) is 9.54. The lowest BCUT2D eigenvalue weighted by atomic mass is 10.2. The fourth-order valence-corrected chi connectivity index (χ4v) is 0.762. The van der Waals surface area contributed by atoms with E-state index in [4.69, 9.17) is 9.47 Å². The number of rotatable bonds is 4. The van der Waals surface area contributed by atoms with Gasteiger partial charge in [0, 0.05) is 20.3 Å². The van der Waals surface area contributed by atoms with Gasteiger partial charge in [0.05, 0.1) is 0 Å². The largest absolute Gasteiger partial charge is 0.425 e. The molecule has 0 radical (unpaired) electrons. The Morgan fingerprint density at radius 3 is 1.77 bits per heavy atom. The minimum atomic E-state index is -0.840. The van der Waals surface area contributed by atoms with Crippen LogP contribution in [0.4, 0.5) is 0 Å². The van der Waals surface area contributed by atoms with Gasteiger partial charge in [0.15, 0.2) is 0 Å². The van der Waals surface area contributed by atoms with Gasteiger partial charge in [-0.3, -0.25) is 9.59 Å². The van der Waals surface area contributed by atoms with E-state index in [9.17, 15) is 9.59 Å². The van der Waals surface area contributed by atoms with E-state index < -0.39 is 18.2 Å². The van der Waals surface area contributed by atoms with Crippen LogP contribution in [-0.4, -0.2) is 18.2 Å². The van der Waals surface area contributed by atoms with Crippen LogP contribution in [0.25, 0.3) is 0 Å². The van der Waals surface area contributed by atoms with Crippen molar-refractivity contribution in [1.29, 1.82) is 0 Å². The first-order valence-electron chi connectivity index (χ1n) is 3.90. The third-order valence-corrected chi connectivity index (χ3v) is 1.11. The maximum absolute atomic E-state index is 10.6. The highest BCUT2D eigenvalue weighted by atomic mass is 16.7. The van der Waals surface area contributed by atoms with Crippen LogP contribution >= 0.6 is 0 Å². The highest BCUT2D eigenvalue weighted by Gasteiger charge is 2.14. The molecule has 0 amide bonds. The molecule has 0 atom stereocenters. The van der Waals surface area contributed by atoms with Crippen LogP contribution in [0, 0.1) is 0 Å². The molecule has 0 fully saturated rings. The maximum atomic E-state index is 10.6. The molecular weight excluding hydrogens is 172 g/mol. The van der Waals surface area contributed by atoms with Crippen LogP contribution in [-0.2, 0) is 19.1 Å². The third-order valence-electron chi connectivity index (χ3n) is 1.11. The van der Waals surface area contributed by atoms with E-state index in [-0.39, 0.29) is 0 Å². The summed E-state index contributed by atoms with van der Waals surface area (Å²) in [6.07, 6.45) is -0.508. The fourth-order valence-electron chi connectivity index (χ4n) is 0.762. The molecule has 0 aromatic heterocycles. The van der Waals surface area contributed by atoms with E-state index in [2.05, 4.69) is 6.58 Å². The van der Waals surface area contributed by atoms with E-state index in [1.54, 1.807) is 6.92 Å². The van der Waals surface area contributed by atoms with Gasteiger partial charge in [0.1, 0.15) is 0 Å². The molecule has 0 spiro atoms. The summed E-state index contributed by atoms with van der Waals surface area (Å²) in [7, 11) is 0. The van der Waals surface area contributed by atoms with Crippen molar-refractivity contribution in [2.75, 3.05) is 0 Å². The second-order valence-electron chi connectivity index (χ2n) is 2.81. The molecule has 4 heteroatoms. The molecule has 0 aliphatic rings. The van der Waals surface area contributed by atoms with Crippen molar-refractivity contribution >= 4 is 11.9 Å². The summed E-state index contributed by atoms with van der Waals surface area (Å²) < 4.78 is 9.46. The predicted octanol–water partition coefficient (Wildman–Crippen LogP) is 1.40. The van der Waals surface area contributed by atoms with Gasteiger partial charge in [0.2, 0.25) is 0 Å². The first-order chi connectivity index (χ1) is 5.91. The standard InChI is InChI=1S/C9H14O4/c1-6(2)5-9(12-7(3)10)13-8(4)11/h9H,1,5H2,2-4H3. The molecule has 13 heavy (non-hydrogen) atoms. The molecule has 0 aliphatic heterocycles. The average molecular weight is 186 g/mol. The Morgan fingerprint density at radius 2 is 1.54 bits per heavy atom. The van der Waals surface area contributed by atoms with Gasteiger partial charge >= 0.3 is 11.9 Å². The number of carbonyl (C=O) groups is 2. The van der Waals surface area contributed by atoms with Crippen LogP contribution in [0.1, 0.15) is 27.2 Å². The molecular formula is C9H14O4. The Kier molecular flexibility index (Phi) is 4.80. The topological polar surface area (TPSA) is 52.6 Å². The molecule has 0 saturated heterocycles. The molecule has 0 aromatic carbocycles. The zero-order valence-electron chi connectivity index (χ0n) is 8.12. The zero-order valence-corrected chi connectivity index (χ0v) is 8.12. The molecule has 0 saturated carbocycles.